The predicted molar refractivity (Wildman–Crippen MR) is 70.4 cm³/mol. The third-order valence-electron chi connectivity index (χ3n) is 2.73. The maximum Gasteiger partial charge on any atom is 0.159 e. The van der Waals surface area contributed by atoms with Crippen molar-refractivity contribution in [3.05, 3.63) is 35.4 Å². The molecule has 0 saturated heterocycles. The van der Waals surface area contributed by atoms with E-state index >= 15 is 0 Å². The van der Waals surface area contributed by atoms with Crippen LogP contribution in [-0.2, 0) is 0 Å². The summed E-state index contributed by atoms with van der Waals surface area (Å²) in [6, 6.07) is 4.45. The summed E-state index contributed by atoms with van der Waals surface area (Å²) in [7, 11) is 0. The fourth-order valence-corrected chi connectivity index (χ4v) is 2.27. The van der Waals surface area contributed by atoms with Crippen LogP contribution < -0.4 is 5.32 Å². The van der Waals surface area contributed by atoms with Gasteiger partial charge in [0.1, 0.15) is 0 Å². The molecule has 0 aliphatic heterocycles. The molecule has 0 fully saturated rings. The highest BCUT2D eigenvalue weighted by atomic mass is 32.2. The van der Waals surface area contributed by atoms with Gasteiger partial charge in [-0.25, -0.2) is 8.78 Å². The Labute approximate surface area is 106 Å². The summed E-state index contributed by atoms with van der Waals surface area (Å²) in [5.41, 5.74) is 0.778. The topological polar surface area (TPSA) is 12.0 Å². The third-order valence-corrected chi connectivity index (χ3v) is 3.38. The molecule has 1 N–H and O–H groups in total. The Bertz CT molecular complexity index is 357. The van der Waals surface area contributed by atoms with E-state index in [9.17, 15) is 8.78 Å². The molecule has 1 aromatic carbocycles. The summed E-state index contributed by atoms with van der Waals surface area (Å²) in [5.74, 6) is -0.483. The van der Waals surface area contributed by atoms with Crippen molar-refractivity contribution < 1.29 is 8.78 Å². The molecule has 1 aromatic rings. The zero-order valence-corrected chi connectivity index (χ0v) is 11.3. The fourth-order valence-electron chi connectivity index (χ4n) is 1.68. The molecule has 0 aromatic heterocycles. The Balaban J connectivity index is 2.57. The van der Waals surface area contributed by atoms with Gasteiger partial charge in [0.2, 0.25) is 0 Å². The van der Waals surface area contributed by atoms with E-state index < -0.39 is 11.6 Å². The van der Waals surface area contributed by atoms with Gasteiger partial charge < -0.3 is 5.32 Å². The zero-order valence-electron chi connectivity index (χ0n) is 10.5. The summed E-state index contributed by atoms with van der Waals surface area (Å²) < 4.78 is 25.9. The smallest absolute Gasteiger partial charge is 0.159 e. The number of hydrogen-bond donors (Lipinski definition) is 1. The summed E-state index contributed by atoms with van der Waals surface area (Å²) in [6.07, 6.45) is 3.14. The van der Waals surface area contributed by atoms with Gasteiger partial charge in [-0.2, -0.15) is 11.8 Å². The molecule has 0 aliphatic rings. The number of nitrogens with one attached hydrogen (secondary N) is 1. The standard InChI is InChI=1S/C13H19F2NS/c1-9(6-7-17-3)16-10(2)11-4-5-12(14)13(15)8-11/h4-5,8-10,16H,6-7H2,1-3H3. The summed E-state index contributed by atoms with van der Waals surface area (Å²) in [6.45, 7) is 4.06. The maximum absolute atomic E-state index is 13.1. The molecule has 17 heavy (non-hydrogen) atoms. The van der Waals surface area contributed by atoms with Gasteiger partial charge in [-0.3, -0.25) is 0 Å². The summed E-state index contributed by atoms with van der Waals surface area (Å²) in [4.78, 5) is 0. The van der Waals surface area contributed by atoms with Crippen molar-refractivity contribution >= 4 is 11.8 Å². The predicted octanol–water partition coefficient (Wildman–Crippen LogP) is 3.76. The zero-order chi connectivity index (χ0) is 12.8. The van der Waals surface area contributed by atoms with E-state index in [2.05, 4.69) is 18.5 Å². The van der Waals surface area contributed by atoms with E-state index in [4.69, 9.17) is 0 Å². The first-order valence-electron chi connectivity index (χ1n) is 5.74. The highest BCUT2D eigenvalue weighted by molar-refractivity contribution is 7.98. The third kappa shape index (κ3) is 4.64. The minimum Gasteiger partial charge on any atom is -0.308 e. The second kappa shape index (κ2) is 6.97. The maximum atomic E-state index is 13.1. The Morgan fingerprint density at radius 3 is 2.53 bits per heavy atom. The van der Waals surface area contributed by atoms with Gasteiger partial charge in [-0.05, 0) is 50.0 Å². The minimum absolute atomic E-state index is 0.0296. The highest BCUT2D eigenvalue weighted by Gasteiger charge is 2.11. The second-order valence-corrected chi connectivity index (χ2v) is 5.23. The lowest BCUT2D eigenvalue weighted by Crippen LogP contribution is -2.29. The van der Waals surface area contributed by atoms with Crippen LogP contribution >= 0.6 is 11.8 Å². The monoisotopic (exact) mass is 259 g/mol. The first-order valence-corrected chi connectivity index (χ1v) is 7.14. The fraction of sp³-hybridized carbons (Fsp3) is 0.538. The number of rotatable bonds is 6. The van der Waals surface area contributed by atoms with Crippen molar-refractivity contribution in [2.24, 2.45) is 0 Å². The molecule has 0 bridgehead atoms. The lowest BCUT2D eigenvalue weighted by molar-refractivity contribution is 0.464. The molecule has 1 nitrogen and oxygen atoms in total. The van der Waals surface area contributed by atoms with Gasteiger partial charge in [0.15, 0.2) is 11.6 Å². The van der Waals surface area contributed by atoms with E-state index in [0.29, 0.717) is 6.04 Å². The van der Waals surface area contributed by atoms with Gasteiger partial charge in [0, 0.05) is 12.1 Å². The molecular weight excluding hydrogens is 240 g/mol. The van der Waals surface area contributed by atoms with E-state index in [1.54, 1.807) is 6.07 Å². The molecule has 0 aliphatic carbocycles. The molecule has 2 unspecified atom stereocenters. The first kappa shape index (κ1) is 14.5. The number of hydrogen-bond acceptors (Lipinski definition) is 2. The average molecular weight is 259 g/mol. The molecule has 4 heteroatoms. The summed E-state index contributed by atoms with van der Waals surface area (Å²) in [5, 5.41) is 3.38. The molecule has 2 atom stereocenters. The van der Waals surface area contributed by atoms with Crippen LogP contribution in [0.2, 0.25) is 0 Å². The SMILES string of the molecule is CSCCC(C)NC(C)c1ccc(F)c(F)c1. The van der Waals surface area contributed by atoms with Gasteiger partial charge in [0.05, 0.1) is 0 Å². The van der Waals surface area contributed by atoms with Crippen molar-refractivity contribution in [1.82, 2.24) is 5.32 Å². The Morgan fingerprint density at radius 1 is 1.24 bits per heavy atom. The molecule has 0 heterocycles. The average Bonchev–Trinajstić information content (AvgIpc) is 2.30. The molecule has 0 saturated carbocycles. The lowest BCUT2D eigenvalue weighted by Gasteiger charge is -2.20. The van der Waals surface area contributed by atoms with E-state index in [1.165, 1.54) is 12.1 Å². The van der Waals surface area contributed by atoms with Crippen LogP contribution in [0.25, 0.3) is 0 Å². The number of thioether (sulfide) groups is 1. The highest BCUT2D eigenvalue weighted by Crippen LogP contribution is 2.17. The second-order valence-electron chi connectivity index (χ2n) is 4.24. The Hall–Kier alpha value is -0.610. The number of benzene rings is 1. The van der Waals surface area contributed by atoms with Crippen molar-refractivity contribution in [3.63, 3.8) is 0 Å². The molecule has 1 rings (SSSR count). The van der Waals surface area contributed by atoms with Crippen molar-refractivity contribution in [2.75, 3.05) is 12.0 Å². The molecular formula is C13H19F2NS. The van der Waals surface area contributed by atoms with Crippen LogP contribution in [0.15, 0.2) is 18.2 Å². The molecule has 0 amide bonds. The van der Waals surface area contributed by atoms with E-state index in [0.717, 1.165) is 17.7 Å². The van der Waals surface area contributed by atoms with Gasteiger partial charge in [0.25, 0.3) is 0 Å². The van der Waals surface area contributed by atoms with E-state index in [-0.39, 0.29) is 6.04 Å². The van der Waals surface area contributed by atoms with E-state index in [1.807, 2.05) is 18.7 Å². The van der Waals surface area contributed by atoms with Crippen molar-refractivity contribution in [3.8, 4) is 0 Å². The largest absolute Gasteiger partial charge is 0.308 e. The van der Waals surface area contributed by atoms with Crippen LogP contribution in [0.5, 0.6) is 0 Å². The minimum atomic E-state index is -0.795. The molecule has 0 radical (unpaired) electrons. The van der Waals surface area contributed by atoms with Crippen LogP contribution in [0.3, 0.4) is 0 Å². The first-order chi connectivity index (χ1) is 8.04. The molecule has 96 valence electrons. The quantitative estimate of drug-likeness (QED) is 0.835. The van der Waals surface area contributed by atoms with Crippen LogP contribution in [-0.4, -0.2) is 18.1 Å². The lowest BCUT2D eigenvalue weighted by atomic mass is 10.1. The normalized spacial score (nSPS) is 14.6. The van der Waals surface area contributed by atoms with Gasteiger partial charge in [-0.1, -0.05) is 6.07 Å². The Morgan fingerprint density at radius 2 is 1.94 bits per heavy atom. The van der Waals surface area contributed by atoms with Crippen molar-refractivity contribution in [1.29, 1.82) is 0 Å². The van der Waals surface area contributed by atoms with Crippen LogP contribution in [0.1, 0.15) is 31.9 Å². The Kier molecular flexibility index (Phi) is 5.92. The molecule has 0 spiro atoms. The summed E-state index contributed by atoms with van der Waals surface area (Å²) >= 11 is 1.81. The van der Waals surface area contributed by atoms with Crippen molar-refractivity contribution in [2.45, 2.75) is 32.4 Å². The van der Waals surface area contributed by atoms with Crippen LogP contribution in [0, 0.1) is 11.6 Å². The van der Waals surface area contributed by atoms with Gasteiger partial charge in [-0.15, -0.1) is 0 Å². The van der Waals surface area contributed by atoms with Gasteiger partial charge >= 0.3 is 0 Å². The van der Waals surface area contributed by atoms with Crippen LogP contribution in [0.4, 0.5) is 8.78 Å². The number of halogens is 2.